The third kappa shape index (κ3) is 2.52. The van der Waals surface area contributed by atoms with Crippen molar-refractivity contribution in [3.8, 4) is 11.5 Å². The summed E-state index contributed by atoms with van der Waals surface area (Å²) in [6.45, 7) is 1.93. The highest BCUT2D eigenvalue weighted by Crippen LogP contribution is 2.32. The number of aromatic hydroxyl groups is 1. The zero-order valence-corrected chi connectivity index (χ0v) is 12.5. The van der Waals surface area contributed by atoms with E-state index in [1.807, 2.05) is 0 Å². The molecule has 0 radical (unpaired) electrons. The van der Waals surface area contributed by atoms with E-state index in [0.717, 1.165) is 0 Å². The standard InChI is InChI=1S/C15H16N2O5/c1-4-22-14-10(12(19)13(14)20)16-9-7-5-6-8(11(9)18)15(21)17(2)3/h5-7,16,18H,4H2,1-3H3. The Morgan fingerprint density at radius 2 is 1.95 bits per heavy atom. The number of amides is 1. The number of anilines is 2. The van der Waals surface area contributed by atoms with Gasteiger partial charge in [0, 0.05) is 14.1 Å². The molecule has 0 fully saturated rings. The Kier molecular flexibility index (Phi) is 4.16. The average molecular weight is 304 g/mol. The van der Waals surface area contributed by atoms with Gasteiger partial charge in [-0.3, -0.25) is 14.4 Å². The number of phenolic OH excluding ortho intramolecular Hbond substituents is 1. The summed E-state index contributed by atoms with van der Waals surface area (Å²) in [5.41, 5.74) is -1.19. The van der Waals surface area contributed by atoms with Crippen molar-refractivity contribution in [2.75, 3.05) is 26.0 Å². The number of phenols is 1. The zero-order valence-electron chi connectivity index (χ0n) is 12.5. The largest absolute Gasteiger partial charge is 0.505 e. The van der Waals surface area contributed by atoms with Gasteiger partial charge in [-0.2, -0.15) is 0 Å². The van der Waals surface area contributed by atoms with Gasteiger partial charge in [-0.25, -0.2) is 0 Å². The van der Waals surface area contributed by atoms with Crippen molar-refractivity contribution < 1.29 is 14.6 Å². The Balaban J connectivity index is 2.38. The quantitative estimate of drug-likeness (QED) is 0.627. The van der Waals surface area contributed by atoms with Gasteiger partial charge in [0.25, 0.3) is 16.8 Å². The van der Waals surface area contributed by atoms with Gasteiger partial charge < -0.3 is 20.1 Å². The predicted octanol–water partition coefficient (Wildman–Crippen LogP) is 0.832. The minimum absolute atomic E-state index is 0.0170. The molecule has 22 heavy (non-hydrogen) atoms. The fourth-order valence-electron chi connectivity index (χ4n) is 1.96. The first-order valence-electron chi connectivity index (χ1n) is 6.65. The molecule has 0 aliphatic carbocycles. The number of carbonyl (C=O) groups is 1. The second-order valence-corrected chi connectivity index (χ2v) is 4.82. The first-order valence-corrected chi connectivity index (χ1v) is 6.65. The summed E-state index contributed by atoms with van der Waals surface area (Å²) in [4.78, 5) is 36.3. The maximum atomic E-state index is 12.0. The van der Waals surface area contributed by atoms with E-state index in [0.29, 0.717) is 0 Å². The maximum Gasteiger partial charge on any atom is 0.272 e. The SMILES string of the molecule is CCOc1c(Nc2cccc(C(=O)N(C)C)c2O)c(=O)c1=O. The molecule has 0 unspecified atom stereocenters. The lowest BCUT2D eigenvalue weighted by molar-refractivity contribution is 0.0825. The Morgan fingerprint density at radius 1 is 1.27 bits per heavy atom. The Morgan fingerprint density at radius 3 is 2.55 bits per heavy atom. The third-order valence-corrected chi connectivity index (χ3v) is 3.09. The summed E-state index contributed by atoms with van der Waals surface area (Å²) >= 11 is 0. The van der Waals surface area contributed by atoms with E-state index in [9.17, 15) is 19.5 Å². The molecule has 0 aliphatic heterocycles. The van der Waals surface area contributed by atoms with Crippen molar-refractivity contribution in [3.63, 3.8) is 0 Å². The van der Waals surface area contributed by atoms with Crippen LogP contribution in [0.2, 0.25) is 0 Å². The lowest BCUT2D eigenvalue weighted by Crippen LogP contribution is -2.35. The molecule has 2 aromatic carbocycles. The summed E-state index contributed by atoms with van der Waals surface area (Å²) in [6.07, 6.45) is 0. The lowest BCUT2D eigenvalue weighted by Gasteiger charge is -2.16. The lowest BCUT2D eigenvalue weighted by atomic mass is 10.1. The predicted molar refractivity (Wildman–Crippen MR) is 81.9 cm³/mol. The summed E-state index contributed by atoms with van der Waals surface area (Å²) in [5, 5.41) is 12.8. The molecule has 2 N–H and O–H groups in total. The van der Waals surface area contributed by atoms with Crippen LogP contribution in [0, 0.1) is 0 Å². The molecule has 0 saturated carbocycles. The number of benzene rings is 1. The highest BCUT2D eigenvalue weighted by Gasteiger charge is 2.24. The molecule has 0 aliphatic rings. The fraction of sp³-hybridized carbons (Fsp3) is 0.267. The van der Waals surface area contributed by atoms with Crippen LogP contribution in [0.5, 0.6) is 11.5 Å². The van der Waals surface area contributed by atoms with Crippen molar-refractivity contribution in [1.82, 2.24) is 4.90 Å². The first-order chi connectivity index (χ1) is 10.4. The molecule has 0 atom stereocenters. The van der Waals surface area contributed by atoms with Crippen LogP contribution in [0.15, 0.2) is 27.8 Å². The van der Waals surface area contributed by atoms with Gasteiger partial charge in [0.15, 0.2) is 11.5 Å². The van der Waals surface area contributed by atoms with E-state index in [-0.39, 0.29) is 41.0 Å². The van der Waals surface area contributed by atoms with Gasteiger partial charge >= 0.3 is 0 Å². The molecule has 1 amide bonds. The Bertz CT molecular complexity index is 788. The number of hydrogen-bond acceptors (Lipinski definition) is 6. The van der Waals surface area contributed by atoms with Crippen LogP contribution in [0.25, 0.3) is 0 Å². The van der Waals surface area contributed by atoms with E-state index in [1.54, 1.807) is 27.1 Å². The minimum atomic E-state index is -0.716. The molecule has 7 nitrogen and oxygen atoms in total. The maximum absolute atomic E-state index is 12.0. The summed E-state index contributed by atoms with van der Waals surface area (Å²) < 4.78 is 5.09. The number of para-hydroxylation sites is 1. The fourth-order valence-corrected chi connectivity index (χ4v) is 1.96. The van der Waals surface area contributed by atoms with Crippen molar-refractivity contribution in [3.05, 3.63) is 44.2 Å². The molecular weight excluding hydrogens is 288 g/mol. The van der Waals surface area contributed by atoms with Crippen LogP contribution in [0.1, 0.15) is 17.3 Å². The van der Waals surface area contributed by atoms with Gasteiger partial charge in [0.2, 0.25) is 0 Å². The number of nitrogens with one attached hydrogen (secondary N) is 1. The number of carbonyl (C=O) groups excluding carboxylic acids is 1. The Hall–Kier alpha value is -2.83. The monoisotopic (exact) mass is 304 g/mol. The molecular formula is C15H16N2O5. The number of nitrogens with zero attached hydrogens (tertiary/aromatic N) is 1. The highest BCUT2D eigenvalue weighted by molar-refractivity contribution is 5.98. The molecule has 2 rings (SSSR count). The number of hydrogen-bond donors (Lipinski definition) is 2. The van der Waals surface area contributed by atoms with Crippen molar-refractivity contribution >= 4 is 17.3 Å². The van der Waals surface area contributed by atoms with Gasteiger partial charge in [-0.1, -0.05) is 6.07 Å². The van der Waals surface area contributed by atoms with Crippen LogP contribution in [-0.4, -0.2) is 36.6 Å². The summed E-state index contributed by atoms with van der Waals surface area (Å²) in [5.74, 6) is -0.732. The molecule has 116 valence electrons. The second kappa shape index (κ2) is 5.88. The van der Waals surface area contributed by atoms with E-state index in [2.05, 4.69) is 5.32 Å². The van der Waals surface area contributed by atoms with Crippen molar-refractivity contribution in [2.45, 2.75) is 6.92 Å². The molecule has 0 saturated heterocycles. The minimum Gasteiger partial charge on any atom is -0.505 e. The van der Waals surface area contributed by atoms with E-state index in [1.165, 1.54) is 17.0 Å². The van der Waals surface area contributed by atoms with Gasteiger partial charge in [-0.15, -0.1) is 0 Å². The van der Waals surface area contributed by atoms with Gasteiger partial charge in [0.1, 0.15) is 5.69 Å². The van der Waals surface area contributed by atoms with Crippen molar-refractivity contribution in [1.29, 1.82) is 0 Å². The van der Waals surface area contributed by atoms with Crippen LogP contribution < -0.4 is 20.9 Å². The van der Waals surface area contributed by atoms with E-state index < -0.39 is 10.9 Å². The van der Waals surface area contributed by atoms with Gasteiger partial charge in [0.05, 0.1) is 17.9 Å². The molecule has 0 bridgehead atoms. The third-order valence-electron chi connectivity index (χ3n) is 3.09. The van der Waals surface area contributed by atoms with Crippen LogP contribution in [0.4, 0.5) is 11.4 Å². The van der Waals surface area contributed by atoms with Crippen LogP contribution >= 0.6 is 0 Å². The average Bonchev–Trinajstić information content (AvgIpc) is 2.51. The molecule has 7 heteroatoms. The zero-order chi connectivity index (χ0) is 16.4. The van der Waals surface area contributed by atoms with E-state index >= 15 is 0 Å². The molecule has 0 heterocycles. The van der Waals surface area contributed by atoms with Gasteiger partial charge in [-0.05, 0) is 19.1 Å². The molecule has 0 spiro atoms. The molecule has 2 aromatic rings. The normalized spacial score (nSPS) is 10.5. The smallest absolute Gasteiger partial charge is 0.272 e. The first kappa shape index (κ1) is 15.6. The van der Waals surface area contributed by atoms with E-state index in [4.69, 9.17) is 4.74 Å². The van der Waals surface area contributed by atoms with Crippen LogP contribution in [0.3, 0.4) is 0 Å². The molecule has 0 aromatic heterocycles. The number of rotatable bonds is 5. The summed E-state index contributed by atoms with van der Waals surface area (Å²) in [6, 6.07) is 4.52. The Labute approximate surface area is 126 Å². The van der Waals surface area contributed by atoms with Crippen LogP contribution in [-0.2, 0) is 0 Å². The summed E-state index contributed by atoms with van der Waals surface area (Å²) in [7, 11) is 3.12. The highest BCUT2D eigenvalue weighted by atomic mass is 16.5. The van der Waals surface area contributed by atoms with Crippen molar-refractivity contribution in [2.24, 2.45) is 0 Å². The number of ether oxygens (including phenoxy) is 1. The topological polar surface area (TPSA) is 95.9 Å². The second-order valence-electron chi connectivity index (χ2n) is 4.82.